The Kier molecular flexibility index (Phi) is 3.96. The Balaban J connectivity index is 2.26. The summed E-state index contributed by atoms with van der Waals surface area (Å²) in [5.74, 6) is -0.429. The highest BCUT2D eigenvalue weighted by molar-refractivity contribution is 9.10. The van der Waals surface area contributed by atoms with Crippen molar-refractivity contribution < 1.29 is 18.0 Å². The van der Waals surface area contributed by atoms with Crippen molar-refractivity contribution in [2.75, 3.05) is 5.32 Å². The number of amides is 1. The van der Waals surface area contributed by atoms with E-state index >= 15 is 0 Å². The monoisotopic (exact) mass is 349 g/mol. The summed E-state index contributed by atoms with van der Waals surface area (Å²) in [4.78, 5) is 12.2. The smallest absolute Gasteiger partial charge is 0.321 e. The molecule has 2 nitrogen and oxygen atoms in total. The molecule has 19 heavy (non-hydrogen) atoms. The molecule has 0 aliphatic rings. The van der Waals surface area contributed by atoms with E-state index in [-0.39, 0.29) is 10.2 Å². The molecule has 0 bridgehead atoms. The number of thiophene rings is 1. The summed E-state index contributed by atoms with van der Waals surface area (Å²) in [7, 11) is 0. The molecule has 0 spiro atoms. The average molecular weight is 350 g/mol. The Labute approximate surface area is 119 Å². The largest absolute Gasteiger partial charge is 0.416 e. The lowest BCUT2D eigenvalue weighted by Crippen LogP contribution is -2.12. The molecule has 2 rings (SSSR count). The quantitative estimate of drug-likeness (QED) is 0.830. The number of nitrogens with one attached hydrogen (secondary N) is 1. The fourth-order valence-corrected chi connectivity index (χ4v) is 2.54. The number of carbonyl (C=O) groups is 1. The fourth-order valence-electron chi connectivity index (χ4n) is 1.43. The Morgan fingerprint density at radius 1 is 1.26 bits per heavy atom. The number of halogens is 4. The minimum absolute atomic E-state index is 0.0973. The van der Waals surface area contributed by atoms with Crippen LogP contribution in [-0.2, 0) is 6.18 Å². The van der Waals surface area contributed by atoms with Crippen LogP contribution in [0.5, 0.6) is 0 Å². The Hall–Kier alpha value is -1.34. The SMILES string of the molecule is O=C(Nc1cc(Br)cc(C(F)(F)F)c1)c1cccs1. The van der Waals surface area contributed by atoms with Crippen molar-refractivity contribution in [3.05, 3.63) is 50.6 Å². The van der Waals surface area contributed by atoms with Gasteiger partial charge in [0.05, 0.1) is 10.4 Å². The molecule has 0 saturated heterocycles. The summed E-state index contributed by atoms with van der Waals surface area (Å²) in [6.07, 6.45) is -4.45. The van der Waals surface area contributed by atoms with Gasteiger partial charge in [0, 0.05) is 10.2 Å². The third-order valence-corrected chi connectivity index (χ3v) is 3.55. The zero-order chi connectivity index (χ0) is 14.0. The van der Waals surface area contributed by atoms with Gasteiger partial charge in [-0.15, -0.1) is 11.3 Å². The Morgan fingerprint density at radius 3 is 2.58 bits per heavy atom. The highest BCUT2D eigenvalue weighted by Crippen LogP contribution is 2.33. The number of rotatable bonds is 2. The normalized spacial score (nSPS) is 11.4. The van der Waals surface area contributed by atoms with E-state index in [4.69, 9.17) is 0 Å². The zero-order valence-corrected chi connectivity index (χ0v) is 11.7. The minimum Gasteiger partial charge on any atom is -0.321 e. The topological polar surface area (TPSA) is 29.1 Å². The van der Waals surface area contributed by atoms with Gasteiger partial charge in [-0.3, -0.25) is 4.79 Å². The zero-order valence-electron chi connectivity index (χ0n) is 9.29. The lowest BCUT2D eigenvalue weighted by molar-refractivity contribution is -0.137. The van der Waals surface area contributed by atoms with Gasteiger partial charge in [-0.05, 0) is 29.6 Å². The maximum atomic E-state index is 12.6. The summed E-state index contributed by atoms with van der Waals surface area (Å²) in [6.45, 7) is 0. The van der Waals surface area contributed by atoms with Gasteiger partial charge in [-0.1, -0.05) is 22.0 Å². The van der Waals surface area contributed by atoms with Crippen LogP contribution in [0.1, 0.15) is 15.2 Å². The first-order chi connectivity index (χ1) is 8.86. The molecule has 1 aromatic heterocycles. The molecule has 1 N–H and O–H groups in total. The van der Waals surface area contributed by atoms with Crippen molar-refractivity contribution in [3.63, 3.8) is 0 Å². The standard InChI is InChI=1S/C12H7BrF3NOS/c13-8-4-7(12(14,15)16)5-9(6-8)17-11(18)10-2-1-3-19-10/h1-6H,(H,17,18). The number of alkyl halides is 3. The van der Waals surface area contributed by atoms with Crippen LogP contribution in [0, 0.1) is 0 Å². The third-order valence-electron chi connectivity index (χ3n) is 2.23. The maximum Gasteiger partial charge on any atom is 0.416 e. The second kappa shape index (κ2) is 5.34. The van der Waals surface area contributed by atoms with Crippen LogP contribution in [0.4, 0.5) is 18.9 Å². The fraction of sp³-hybridized carbons (Fsp3) is 0.0833. The van der Waals surface area contributed by atoms with E-state index in [0.29, 0.717) is 4.88 Å². The molecule has 0 atom stereocenters. The van der Waals surface area contributed by atoms with E-state index in [0.717, 1.165) is 12.1 Å². The first-order valence-electron chi connectivity index (χ1n) is 5.09. The van der Waals surface area contributed by atoms with E-state index in [2.05, 4.69) is 21.2 Å². The van der Waals surface area contributed by atoms with Gasteiger partial charge in [0.2, 0.25) is 0 Å². The van der Waals surface area contributed by atoms with Gasteiger partial charge < -0.3 is 5.32 Å². The summed E-state index contributed by atoms with van der Waals surface area (Å²) in [6, 6.07) is 6.57. The van der Waals surface area contributed by atoms with E-state index in [1.54, 1.807) is 17.5 Å². The molecule has 100 valence electrons. The van der Waals surface area contributed by atoms with Crippen molar-refractivity contribution >= 4 is 38.9 Å². The van der Waals surface area contributed by atoms with Crippen LogP contribution in [0.2, 0.25) is 0 Å². The first kappa shape index (κ1) is 14.1. The second-order valence-electron chi connectivity index (χ2n) is 3.66. The molecule has 1 aromatic carbocycles. The number of carbonyl (C=O) groups excluding carboxylic acids is 1. The molecule has 0 saturated carbocycles. The van der Waals surface area contributed by atoms with Crippen molar-refractivity contribution in [3.8, 4) is 0 Å². The first-order valence-corrected chi connectivity index (χ1v) is 6.76. The highest BCUT2D eigenvalue weighted by atomic mass is 79.9. The minimum atomic E-state index is -4.45. The molecule has 0 aliphatic heterocycles. The van der Waals surface area contributed by atoms with Gasteiger partial charge in [0.25, 0.3) is 5.91 Å². The number of hydrogen-bond acceptors (Lipinski definition) is 2. The molecule has 7 heteroatoms. The molecule has 1 amide bonds. The van der Waals surface area contributed by atoms with E-state index in [1.165, 1.54) is 17.4 Å². The molecule has 0 unspecified atom stereocenters. The highest BCUT2D eigenvalue weighted by Gasteiger charge is 2.31. The molecule has 0 radical (unpaired) electrons. The molecule has 0 fully saturated rings. The van der Waals surface area contributed by atoms with Gasteiger partial charge in [0.15, 0.2) is 0 Å². The van der Waals surface area contributed by atoms with Gasteiger partial charge >= 0.3 is 6.18 Å². The van der Waals surface area contributed by atoms with Crippen LogP contribution < -0.4 is 5.32 Å². The number of benzene rings is 1. The van der Waals surface area contributed by atoms with Crippen LogP contribution >= 0.6 is 27.3 Å². The van der Waals surface area contributed by atoms with E-state index in [9.17, 15) is 18.0 Å². The summed E-state index contributed by atoms with van der Waals surface area (Å²) < 4.78 is 38.1. The van der Waals surface area contributed by atoms with Gasteiger partial charge in [-0.2, -0.15) is 13.2 Å². The Morgan fingerprint density at radius 2 is 2.00 bits per heavy atom. The summed E-state index contributed by atoms with van der Waals surface area (Å²) >= 11 is 4.21. The lowest BCUT2D eigenvalue weighted by Gasteiger charge is -2.10. The van der Waals surface area contributed by atoms with Crippen LogP contribution in [0.3, 0.4) is 0 Å². The molecule has 2 aromatic rings. The predicted molar refractivity (Wildman–Crippen MR) is 71.4 cm³/mol. The van der Waals surface area contributed by atoms with Crippen molar-refractivity contribution in [2.45, 2.75) is 6.18 Å². The maximum absolute atomic E-state index is 12.6. The second-order valence-corrected chi connectivity index (χ2v) is 5.52. The predicted octanol–water partition coefficient (Wildman–Crippen LogP) is 4.78. The molecular formula is C12H7BrF3NOS. The van der Waals surface area contributed by atoms with Crippen molar-refractivity contribution in [1.82, 2.24) is 0 Å². The van der Waals surface area contributed by atoms with Crippen LogP contribution in [-0.4, -0.2) is 5.91 Å². The van der Waals surface area contributed by atoms with Crippen LogP contribution in [0.15, 0.2) is 40.2 Å². The number of anilines is 1. The molecule has 0 aliphatic carbocycles. The molecular weight excluding hydrogens is 343 g/mol. The van der Waals surface area contributed by atoms with E-state index < -0.39 is 17.6 Å². The van der Waals surface area contributed by atoms with Crippen molar-refractivity contribution in [2.24, 2.45) is 0 Å². The average Bonchev–Trinajstić information content (AvgIpc) is 2.80. The van der Waals surface area contributed by atoms with Crippen molar-refractivity contribution in [1.29, 1.82) is 0 Å². The third kappa shape index (κ3) is 3.57. The van der Waals surface area contributed by atoms with Gasteiger partial charge in [0.1, 0.15) is 0 Å². The molecule has 1 heterocycles. The van der Waals surface area contributed by atoms with E-state index in [1.807, 2.05) is 0 Å². The Bertz CT molecular complexity index is 596. The summed E-state index contributed by atoms with van der Waals surface area (Å²) in [5.41, 5.74) is -0.719. The van der Waals surface area contributed by atoms with Gasteiger partial charge in [-0.25, -0.2) is 0 Å². The summed E-state index contributed by atoms with van der Waals surface area (Å²) in [5, 5.41) is 4.16. The number of hydrogen-bond donors (Lipinski definition) is 1. The van der Waals surface area contributed by atoms with Crippen LogP contribution in [0.25, 0.3) is 0 Å². The lowest BCUT2D eigenvalue weighted by atomic mass is 10.2.